The lowest BCUT2D eigenvalue weighted by molar-refractivity contribution is 0.102. The number of carbonyl (C=O) groups excluding carboxylic acids is 1. The van der Waals surface area contributed by atoms with Crippen LogP contribution in [0.4, 0.5) is 5.69 Å². The molecule has 0 aliphatic heterocycles. The highest BCUT2D eigenvalue weighted by molar-refractivity contribution is 7.19. The maximum Gasteiger partial charge on any atom is 0.267 e. The summed E-state index contributed by atoms with van der Waals surface area (Å²) in [6, 6.07) is 15.5. The van der Waals surface area contributed by atoms with Crippen molar-refractivity contribution in [3.05, 3.63) is 75.7 Å². The summed E-state index contributed by atoms with van der Waals surface area (Å²) in [5, 5.41) is 6.06. The number of rotatable bonds is 5. The van der Waals surface area contributed by atoms with Gasteiger partial charge in [-0.2, -0.15) is 0 Å². The molecule has 32 heavy (non-hydrogen) atoms. The summed E-state index contributed by atoms with van der Waals surface area (Å²) >= 11 is 2.97. The largest absolute Gasteiger partial charge is 0.497 e. The van der Waals surface area contributed by atoms with Gasteiger partial charge in [-0.25, -0.2) is 9.97 Å². The van der Waals surface area contributed by atoms with E-state index in [-0.39, 0.29) is 5.91 Å². The molecule has 6 nitrogen and oxygen atoms in total. The number of carbonyl (C=O) groups is 1. The fourth-order valence-electron chi connectivity index (χ4n) is 3.54. The van der Waals surface area contributed by atoms with Gasteiger partial charge in [0.2, 0.25) is 0 Å². The molecule has 160 valence electrons. The van der Waals surface area contributed by atoms with Gasteiger partial charge in [0.15, 0.2) is 4.96 Å². The highest BCUT2D eigenvalue weighted by Crippen LogP contribution is 2.31. The molecule has 0 unspecified atom stereocenters. The fourth-order valence-corrected chi connectivity index (χ4v) is 5.16. The zero-order chi connectivity index (χ0) is 22.2. The predicted octanol–water partition coefficient (Wildman–Crippen LogP) is 6.06. The minimum absolute atomic E-state index is 0.150. The van der Waals surface area contributed by atoms with E-state index < -0.39 is 0 Å². The van der Waals surface area contributed by atoms with Crippen molar-refractivity contribution in [2.45, 2.75) is 13.8 Å². The molecule has 0 saturated carbocycles. The van der Waals surface area contributed by atoms with Gasteiger partial charge in [0.25, 0.3) is 5.91 Å². The highest BCUT2D eigenvalue weighted by Gasteiger charge is 2.19. The summed E-state index contributed by atoms with van der Waals surface area (Å²) in [5.41, 5.74) is 5.23. The maximum atomic E-state index is 13.1. The molecule has 1 N–H and O–H groups in total. The first-order chi connectivity index (χ1) is 15.5. The Morgan fingerprint density at radius 3 is 2.50 bits per heavy atom. The zero-order valence-electron chi connectivity index (χ0n) is 17.7. The summed E-state index contributed by atoms with van der Waals surface area (Å²) in [5.74, 6) is 0.654. The van der Waals surface area contributed by atoms with Crippen molar-refractivity contribution >= 4 is 39.2 Å². The number of imidazole rings is 1. The molecule has 0 saturated heterocycles. The third-order valence-corrected chi connectivity index (χ3v) is 7.15. The normalized spacial score (nSPS) is 11.1. The monoisotopic (exact) mass is 460 g/mol. The number of benzene rings is 2. The van der Waals surface area contributed by atoms with Gasteiger partial charge < -0.3 is 10.1 Å². The molecule has 5 rings (SSSR count). The number of hydrogen-bond donors (Lipinski definition) is 1. The van der Waals surface area contributed by atoms with Gasteiger partial charge in [-0.05, 0) is 44.2 Å². The molecule has 0 bridgehead atoms. The number of nitrogens with zero attached hydrogens (tertiary/aromatic N) is 3. The summed E-state index contributed by atoms with van der Waals surface area (Å²) in [7, 11) is 1.65. The average molecular weight is 461 g/mol. The molecule has 0 fully saturated rings. The Bertz CT molecular complexity index is 1430. The van der Waals surface area contributed by atoms with Crippen molar-refractivity contribution in [3.63, 3.8) is 0 Å². The van der Waals surface area contributed by atoms with Gasteiger partial charge >= 0.3 is 0 Å². The van der Waals surface area contributed by atoms with Crippen LogP contribution in [0.2, 0.25) is 0 Å². The zero-order valence-corrected chi connectivity index (χ0v) is 19.4. The van der Waals surface area contributed by atoms with E-state index >= 15 is 0 Å². The number of nitrogens with one attached hydrogen (secondary N) is 1. The second-order valence-corrected chi connectivity index (χ2v) is 9.32. The first-order valence-corrected chi connectivity index (χ1v) is 11.7. The smallest absolute Gasteiger partial charge is 0.267 e. The second kappa shape index (κ2) is 8.22. The van der Waals surface area contributed by atoms with Crippen molar-refractivity contribution in [1.82, 2.24) is 14.4 Å². The van der Waals surface area contributed by atoms with Crippen LogP contribution < -0.4 is 10.1 Å². The molecular formula is C24H20N4O2S2. The van der Waals surface area contributed by atoms with Crippen LogP contribution in [-0.2, 0) is 0 Å². The third-order valence-electron chi connectivity index (χ3n) is 5.22. The van der Waals surface area contributed by atoms with Crippen molar-refractivity contribution in [3.8, 4) is 28.3 Å². The molecule has 5 aromatic rings. The second-order valence-electron chi connectivity index (χ2n) is 7.28. The summed E-state index contributed by atoms with van der Waals surface area (Å²) < 4.78 is 7.19. The summed E-state index contributed by atoms with van der Waals surface area (Å²) in [4.78, 5) is 23.9. The van der Waals surface area contributed by atoms with Crippen LogP contribution in [0.15, 0.2) is 60.1 Å². The van der Waals surface area contributed by atoms with Crippen LogP contribution in [0, 0.1) is 13.8 Å². The first-order valence-electron chi connectivity index (χ1n) is 9.99. The van der Waals surface area contributed by atoms with Gasteiger partial charge in [-0.1, -0.05) is 29.5 Å². The Labute approximate surface area is 193 Å². The molecule has 0 aliphatic rings. The Kier molecular flexibility index (Phi) is 5.24. The topological polar surface area (TPSA) is 68.5 Å². The lowest BCUT2D eigenvalue weighted by Crippen LogP contribution is -2.12. The van der Waals surface area contributed by atoms with Crippen molar-refractivity contribution in [2.24, 2.45) is 0 Å². The van der Waals surface area contributed by atoms with E-state index in [0.29, 0.717) is 4.88 Å². The Morgan fingerprint density at radius 2 is 1.81 bits per heavy atom. The number of ether oxygens (including phenoxy) is 1. The minimum atomic E-state index is -0.150. The molecule has 0 spiro atoms. The van der Waals surface area contributed by atoms with E-state index in [1.54, 1.807) is 18.4 Å². The summed E-state index contributed by atoms with van der Waals surface area (Å²) in [6.45, 7) is 3.91. The highest BCUT2D eigenvalue weighted by atomic mass is 32.1. The van der Waals surface area contributed by atoms with Gasteiger partial charge in [-0.15, -0.1) is 11.3 Å². The number of aromatic nitrogens is 3. The van der Waals surface area contributed by atoms with Crippen molar-refractivity contribution < 1.29 is 9.53 Å². The fraction of sp³-hybridized carbons (Fsp3) is 0.125. The van der Waals surface area contributed by atoms with Crippen LogP contribution in [0.5, 0.6) is 5.75 Å². The van der Waals surface area contributed by atoms with Crippen molar-refractivity contribution in [1.29, 1.82) is 0 Å². The molecule has 1 amide bonds. The minimum Gasteiger partial charge on any atom is -0.497 e. The van der Waals surface area contributed by atoms with E-state index in [4.69, 9.17) is 9.72 Å². The van der Waals surface area contributed by atoms with E-state index in [1.807, 2.05) is 78.4 Å². The standard InChI is InChI=1S/C24H20N4O2S2/c1-14-22(23(29)26-19-7-5-4-6-18(19)21-13-31-15(2)25-21)32-24-27-20(12-28(14)24)16-8-10-17(30-3)11-9-16/h4-13H,1-3H3,(H,26,29). The molecule has 2 aromatic carbocycles. The molecular weight excluding hydrogens is 440 g/mol. The number of hydrogen-bond acceptors (Lipinski definition) is 6. The third kappa shape index (κ3) is 3.68. The van der Waals surface area contributed by atoms with Gasteiger partial charge in [-0.3, -0.25) is 9.20 Å². The quantitative estimate of drug-likeness (QED) is 0.346. The van der Waals surface area contributed by atoms with E-state index in [9.17, 15) is 4.79 Å². The number of methoxy groups -OCH3 is 1. The van der Waals surface area contributed by atoms with Crippen LogP contribution in [0.25, 0.3) is 27.5 Å². The molecule has 3 heterocycles. The molecule has 0 radical (unpaired) electrons. The lowest BCUT2D eigenvalue weighted by Gasteiger charge is -2.09. The van der Waals surface area contributed by atoms with Crippen LogP contribution >= 0.6 is 22.7 Å². The Hall–Kier alpha value is -3.49. The van der Waals surface area contributed by atoms with E-state index in [2.05, 4.69) is 10.3 Å². The molecule has 3 aromatic heterocycles. The van der Waals surface area contributed by atoms with Crippen molar-refractivity contribution in [2.75, 3.05) is 12.4 Å². The van der Waals surface area contributed by atoms with Gasteiger partial charge in [0, 0.05) is 28.4 Å². The summed E-state index contributed by atoms with van der Waals surface area (Å²) in [6.07, 6.45) is 1.96. The Balaban J connectivity index is 1.44. The van der Waals surface area contributed by atoms with E-state index in [1.165, 1.54) is 11.3 Å². The molecule has 8 heteroatoms. The predicted molar refractivity (Wildman–Crippen MR) is 130 cm³/mol. The van der Waals surface area contributed by atoms with Crippen LogP contribution in [-0.4, -0.2) is 27.4 Å². The lowest BCUT2D eigenvalue weighted by atomic mass is 10.1. The van der Waals surface area contributed by atoms with Gasteiger partial charge in [0.1, 0.15) is 10.6 Å². The number of anilines is 1. The average Bonchev–Trinajstić information content (AvgIpc) is 3.50. The van der Waals surface area contributed by atoms with Crippen LogP contribution in [0.3, 0.4) is 0 Å². The Morgan fingerprint density at radius 1 is 1.03 bits per heavy atom. The van der Waals surface area contributed by atoms with E-state index in [0.717, 1.165) is 49.6 Å². The van der Waals surface area contributed by atoms with Crippen LogP contribution in [0.1, 0.15) is 20.4 Å². The number of para-hydroxylation sites is 1. The maximum absolute atomic E-state index is 13.1. The van der Waals surface area contributed by atoms with Gasteiger partial charge in [0.05, 0.1) is 29.2 Å². The number of amides is 1. The number of thiazole rings is 2. The molecule has 0 aliphatic carbocycles. The molecule has 0 atom stereocenters. The SMILES string of the molecule is COc1ccc(-c2cn3c(C)c(C(=O)Nc4ccccc4-c4csc(C)n4)sc3n2)cc1. The first kappa shape index (κ1) is 20.4. The number of fused-ring (bicyclic) bond motifs is 1. The number of aryl methyl sites for hydroxylation is 2.